The molecule has 0 aromatic rings. The summed E-state index contributed by atoms with van der Waals surface area (Å²) in [5.41, 5.74) is 0. The largest absolute Gasteiger partial charge is 0.462 e. The average molecular weight is 1120 g/mol. The Bertz CT molecular complexity index is 1760. The number of carbonyl (C=O) groups is 3. The molecule has 0 radical (unpaired) electrons. The molecule has 0 rings (SSSR count). The van der Waals surface area contributed by atoms with Crippen LogP contribution in [-0.4, -0.2) is 37.2 Å². The predicted octanol–water partition coefficient (Wildman–Crippen LogP) is 23.1. The second-order valence-corrected chi connectivity index (χ2v) is 21.6. The second-order valence-electron chi connectivity index (χ2n) is 21.6. The van der Waals surface area contributed by atoms with Crippen LogP contribution >= 0.6 is 0 Å². The summed E-state index contributed by atoms with van der Waals surface area (Å²) in [4.78, 5) is 38.3. The Labute approximate surface area is 499 Å². The molecule has 6 nitrogen and oxygen atoms in total. The number of carbonyl (C=O) groups excluding carboxylic acids is 3. The van der Waals surface area contributed by atoms with Gasteiger partial charge in [0.05, 0.1) is 0 Å². The third kappa shape index (κ3) is 66.0. The zero-order valence-corrected chi connectivity index (χ0v) is 52.5. The number of ether oxygens (including phenoxy) is 3. The Morgan fingerprint density at radius 3 is 0.790 bits per heavy atom. The normalized spacial score (nSPS) is 13.1. The van der Waals surface area contributed by atoms with Crippen LogP contribution in [0.4, 0.5) is 0 Å². The van der Waals surface area contributed by atoms with E-state index in [1.54, 1.807) is 0 Å². The fourth-order valence-corrected chi connectivity index (χ4v) is 8.88. The molecule has 0 heterocycles. The molecule has 0 aliphatic rings. The van der Waals surface area contributed by atoms with Crippen LogP contribution in [0.3, 0.4) is 0 Å². The third-order valence-electron chi connectivity index (χ3n) is 13.8. The minimum absolute atomic E-state index is 0.102. The van der Waals surface area contributed by atoms with Gasteiger partial charge in [0.1, 0.15) is 13.2 Å². The van der Waals surface area contributed by atoms with Gasteiger partial charge in [0.15, 0.2) is 6.10 Å². The van der Waals surface area contributed by atoms with Crippen molar-refractivity contribution in [3.05, 3.63) is 146 Å². The van der Waals surface area contributed by atoms with Crippen molar-refractivity contribution >= 4 is 17.9 Å². The molecule has 0 spiro atoms. The van der Waals surface area contributed by atoms with Crippen LogP contribution < -0.4 is 0 Å². The molecule has 0 bridgehead atoms. The van der Waals surface area contributed by atoms with Crippen molar-refractivity contribution in [2.45, 2.75) is 297 Å². The van der Waals surface area contributed by atoms with Crippen LogP contribution in [0.2, 0.25) is 0 Å². The first kappa shape index (κ1) is 76.3. The Balaban J connectivity index is 4.37. The lowest BCUT2D eigenvalue weighted by atomic mass is 10.0. The van der Waals surface area contributed by atoms with Crippen molar-refractivity contribution in [3.8, 4) is 0 Å². The minimum atomic E-state index is -0.811. The molecule has 1 atom stereocenters. The van der Waals surface area contributed by atoms with Gasteiger partial charge in [-0.3, -0.25) is 14.4 Å². The lowest BCUT2D eigenvalue weighted by Crippen LogP contribution is -2.30. The van der Waals surface area contributed by atoms with Crippen molar-refractivity contribution in [2.24, 2.45) is 0 Å². The standard InChI is InChI=1S/C75H122O6/c1-4-7-10-13-16-19-22-25-27-29-31-33-34-35-36-37-38-39-40-42-43-45-47-50-53-56-59-62-65-68-74(77)80-71-72(70-79-73(76)67-64-61-58-55-52-49-24-21-18-15-12-9-6-3)81-75(78)69-66-63-60-57-54-51-48-46-44-41-32-30-28-26-23-20-17-14-11-8-5-2/h7-8,10-11,16-17,19-21,24-28,31-33,35-36,41,46,48,54,57,72H,4-6,9,12-15,18,22-23,29-30,34,37-40,42-45,47,49-53,55-56,58-71H2,1-3H3/b10-7-,11-8-,19-16-,20-17-,24-21-,27-25-,28-26-,33-31-,36-35-,41-32-,48-46-,57-54-. The molecule has 0 aliphatic heterocycles. The second kappa shape index (κ2) is 67.8. The van der Waals surface area contributed by atoms with Crippen molar-refractivity contribution in [2.75, 3.05) is 13.2 Å². The van der Waals surface area contributed by atoms with E-state index in [0.29, 0.717) is 19.3 Å². The zero-order valence-electron chi connectivity index (χ0n) is 52.5. The van der Waals surface area contributed by atoms with Gasteiger partial charge in [-0.1, -0.05) is 276 Å². The topological polar surface area (TPSA) is 78.9 Å². The Morgan fingerprint density at radius 1 is 0.259 bits per heavy atom. The quantitative estimate of drug-likeness (QED) is 0.0261. The first-order valence-electron chi connectivity index (χ1n) is 33.3. The third-order valence-corrected chi connectivity index (χ3v) is 13.8. The zero-order chi connectivity index (χ0) is 58.5. The lowest BCUT2D eigenvalue weighted by Gasteiger charge is -2.18. The monoisotopic (exact) mass is 1120 g/mol. The Hall–Kier alpha value is -4.71. The van der Waals surface area contributed by atoms with Gasteiger partial charge < -0.3 is 14.2 Å². The first-order chi connectivity index (χ1) is 40.0. The summed E-state index contributed by atoms with van der Waals surface area (Å²) >= 11 is 0. The number of allylic oxidation sites excluding steroid dienone is 24. The van der Waals surface area contributed by atoms with E-state index < -0.39 is 6.10 Å². The molecule has 0 aromatic carbocycles. The summed E-state index contributed by atoms with van der Waals surface area (Å²) in [6, 6.07) is 0. The van der Waals surface area contributed by atoms with E-state index in [1.807, 2.05) is 0 Å². The van der Waals surface area contributed by atoms with E-state index in [0.717, 1.165) is 135 Å². The van der Waals surface area contributed by atoms with Crippen LogP contribution in [-0.2, 0) is 28.6 Å². The maximum absolute atomic E-state index is 12.9. The Kier molecular flexibility index (Phi) is 63.9. The molecule has 0 saturated carbocycles. The summed E-state index contributed by atoms with van der Waals surface area (Å²) in [5.74, 6) is -0.954. The van der Waals surface area contributed by atoms with Gasteiger partial charge in [-0.05, 0) is 141 Å². The van der Waals surface area contributed by atoms with Gasteiger partial charge in [-0.15, -0.1) is 0 Å². The van der Waals surface area contributed by atoms with Crippen molar-refractivity contribution in [1.82, 2.24) is 0 Å². The molecule has 0 fully saturated rings. The van der Waals surface area contributed by atoms with Crippen LogP contribution in [0.15, 0.2) is 146 Å². The number of hydrogen-bond donors (Lipinski definition) is 0. The summed E-state index contributed by atoms with van der Waals surface area (Å²) in [6.45, 7) is 6.36. The molecular formula is C75H122O6. The van der Waals surface area contributed by atoms with E-state index >= 15 is 0 Å². The van der Waals surface area contributed by atoms with Crippen molar-refractivity contribution < 1.29 is 28.6 Å². The lowest BCUT2D eigenvalue weighted by molar-refractivity contribution is -0.167. The molecule has 81 heavy (non-hydrogen) atoms. The van der Waals surface area contributed by atoms with E-state index in [1.165, 1.54) is 109 Å². The SMILES string of the molecule is CC/C=C\C/C=C\C/C=C\C/C=C\C/C=C\C/C=C\CCCCC(=O)OC(COC(=O)CCCCCCC/C=C\CCCCCC)COC(=O)CCCCCCCCCCCCCCC/C=C\C/C=C\C/C=C\C/C=C\C/C=C\CC. The van der Waals surface area contributed by atoms with Gasteiger partial charge in [-0.25, -0.2) is 0 Å². The highest BCUT2D eigenvalue weighted by atomic mass is 16.6. The van der Waals surface area contributed by atoms with Crippen LogP contribution in [0, 0.1) is 0 Å². The maximum atomic E-state index is 12.9. The summed E-state index contributed by atoms with van der Waals surface area (Å²) in [5, 5.41) is 0. The molecule has 0 aliphatic carbocycles. The highest BCUT2D eigenvalue weighted by molar-refractivity contribution is 5.71. The average Bonchev–Trinajstić information content (AvgIpc) is 3.46. The Morgan fingerprint density at radius 2 is 0.481 bits per heavy atom. The van der Waals surface area contributed by atoms with Gasteiger partial charge >= 0.3 is 17.9 Å². The minimum Gasteiger partial charge on any atom is -0.462 e. The number of esters is 3. The maximum Gasteiger partial charge on any atom is 0.306 e. The van der Waals surface area contributed by atoms with Gasteiger partial charge in [0.2, 0.25) is 0 Å². The summed E-state index contributed by atoms with van der Waals surface area (Å²) < 4.78 is 16.9. The van der Waals surface area contributed by atoms with Crippen LogP contribution in [0.25, 0.3) is 0 Å². The van der Waals surface area contributed by atoms with Crippen molar-refractivity contribution in [3.63, 3.8) is 0 Å². The molecular weight excluding hydrogens is 997 g/mol. The molecule has 6 heteroatoms. The predicted molar refractivity (Wildman–Crippen MR) is 352 cm³/mol. The molecule has 458 valence electrons. The van der Waals surface area contributed by atoms with E-state index in [-0.39, 0.29) is 37.5 Å². The van der Waals surface area contributed by atoms with Gasteiger partial charge in [0.25, 0.3) is 0 Å². The molecule has 0 saturated heterocycles. The number of hydrogen-bond acceptors (Lipinski definition) is 6. The number of rotatable bonds is 59. The summed E-state index contributed by atoms with van der Waals surface area (Å²) in [6.07, 6.45) is 97.2. The smallest absolute Gasteiger partial charge is 0.306 e. The van der Waals surface area contributed by atoms with E-state index in [9.17, 15) is 14.4 Å². The summed E-state index contributed by atoms with van der Waals surface area (Å²) in [7, 11) is 0. The fourth-order valence-electron chi connectivity index (χ4n) is 8.88. The van der Waals surface area contributed by atoms with Crippen LogP contribution in [0.5, 0.6) is 0 Å². The highest BCUT2D eigenvalue weighted by Gasteiger charge is 2.19. The fraction of sp³-hybridized carbons (Fsp3) is 0.640. The highest BCUT2D eigenvalue weighted by Crippen LogP contribution is 2.15. The van der Waals surface area contributed by atoms with Crippen LogP contribution in [0.1, 0.15) is 290 Å². The van der Waals surface area contributed by atoms with E-state index in [2.05, 4.69) is 167 Å². The van der Waals surface area contributed by atoms with Gasteiger partial charge in [0, 0.05) is 19.3 Å². The first-order valence-corrected chi connectivity index (χ1v) is 33.3. The number of unbranched alkanes of at least 4 members (excludes halogenated alkanes) is 24. The molecule has 1 unspecified atom stereocenters. The van der Waals surface area contributed by atoms with Gasteiger partial charge in [-0.2, -0.15) is 0 Å². The van der Waals surface area contributed by atoms with E-state index in [4.69, 9.17) is 14.2 Å². The molecule has 0 amide bonds. The molecule has 0 aromatic heterocycles. The molecule has 0 N–H and O–H groups in total. The van der Waals surface area contributed by atoms with Crippen molar-refractivity contribution in [1.29, 1.82) is 0 Å².